The minimum absolute atomic E-state index is 0.100. The van der Waals surface area contributed by atoms with Gasteiger partial charge in [-0.05, 0) is 43.4 Å². The molecule has 0 heteroatoms. The lowest BCUT2D eigenvalue weighted by Gasteiger charge is -2.30. The molecule has 0 saturated carbocycles. The molecule has 28 heavy (non-hydrogen) atoms. The van der Waals surface area contributed by atoms with Crippen LogP contribution in [0.3, 0.4) is 0 Å². The Hall–Kier alpha value is -2.08. The maximum absolute atomic E-state index is 4.36. The lowest BCUT2D eigenvalue weighted by Crippen LogP contribution is -2.17. The van der Waals surface area contributed by atoms with Gasteiger partial charge >= 0.3 is 0 Å². The summed E-state index contributed by atoms with van der Waals surface area (Å²) in [6, 6.07) is 0. The Labute approximate surface area is 175 Å². The predicted molar refractivity (Wildman–Crippen MR) is 130 cm³/mol. The fourth-order valence-corrected chi connectivity index (χ4v) is 2.61. The van der Waals surface area contributed by atoms with Crippen molar-refractivity contribution in [2.24, 2.45) is 10.8 Å². The molecule has 0 heterocycles. The topological polar surface area (TPSA) is 0 Å². The quantitative estimate of drug-likeness (QED) is 0.314. The van der Waals surface area contributed by atoms with E-state index in [-0.39, 0.29) is 10.8 Å². The first-order valence-corrected chi connectivity index (χ1v) is 10.3. The molecule has 0 unspecified atom stereocenters. The number of hydrogen-bond donors (Lipinski definition) is 0. The normalized spacial score (nSPS) is 14.0. The molecule has 0 aromatic carbocycles. The Bertz CT molecular complexity index is 724. The van der Waals surface area contributed by atoms with Gasteiger partial charge in [0.1, 0.15) is 0 Å². The molecule has 0 aliphatic rings. The molecule has 0 atom stereocenters. The van der Waals surface area contributed by atoms with Crippen molar-refractivity contribution in [3.63, 3.8) is 0 Å². The maximum Gasteiger partial charge on any atom is 0.0134 e. The summed E-state index contributed by atoms with van der Waals surface area (Å²) in [6.45, 7) is 34.1. The van der Waals surface area contributed by atoms with Gasteiger partial charge in [0.05, 0.1) is 0 Å². The lowest BCUT2D eigenvalue weighted by molar-refractivity contribution is 0.534. The van der Waals surface area contributed by atoms with Gasteiger partial charge in [-0.3, -0.25) is 0 Å². The molecule has 0 fully saturated rings. The summed E-state index contributed by atoms with van der Waals surface area (Å²) < 4.78 is 0. The van der Waals surface area contributed by atoms with Crippen LogP contribution >= 0.6 is 0 Å². The number of hydrogen-bond acceptors (Lipinski definition) is 0. The van der Waals surface area contributed by atoms with E-state index >= 15 is 0 Å². The van der Waals surface area contributed by atoms with Gasteiger partial charge < -0.3 is 0 Å². The standard InChI is InChI=1S/C28H42/c1-13-22(5)16-20-26(14-2)28(11,12)25(8)19-18-24(7)27(9,10)23(6)17-15-21(3)4/h15-20H,3,6-8,13-14H2,1-2,4-5,9-12H3/b17-15-,19-18-,22-16-,26-20+. The van der Waals surface area contributed by atoms with E-state index in [0.717, 1.165) is 35.1 Å². The molecule has 0 amide bonds. The molecule has 154 valence electrons. The van der Waals surface area contributed by atoms with E-state index in [2.05, 4.69) is 99.1 Å². The summed E-state index contributed by atoms with van der Waals surface area (Å²) in [6.07, 6.45) is 14.8. The average molecular weight is 379 g/mol. The van der Waals surface area contributed by atoms with Crippen LogP contribution in [0, 0.1) is 10.8 Å². The molecule has 0 nitrogen and oxygen atoms in total. The fraction of sp³-hybridized carbons (Fsp3) is 0.429. The first kappa shape index (κ1) is 25.9. The van der Waals surface area contributed by atoms with Crippen LogP contribution in [0.25, 0.3) is 0 Å². The summed E-state index contributed by atoms with van der Waals surface area (Å²) in [7, 11) is 0. The molecule has 0 rings (SSSR count). The zero-order valence-corrected chi connectivity index (χ0v) is 19.7. The number of rotatable bonds is 11. The van der Waals surface area contributed by atoms with Crippen molar-refractivity contribution >= 4 is 0 Å². The van der Waals surface area contributed by atoms with Crippen LogP contribution in [0.4, 0.5) is 0 Å². The summed E-state index contributed by atoms with van der Waals surface area (Å²) in [5.41, 5.74) is 6.58. The van der Waals surface area contributed by atoms with Crippen molar-refractivity contribution in [2.45, 2.75) is 68.2 Å². The SMILES string of the molecule is C=C(C)/C=C\C(=C)C(C)(C)C(=C)/C=C\C(=C)C(C)(C)/C(=C/C=C(/C)CC)CC. The van der Waals surface area contributed by atoms with Gasteiger partial charge in [-0.2, -0.15) is 0 Å². The van der Waals surface area contributed by atoms with E-state index in [1.165, 1.54) is 11.1 Å². The zero-order valence-electron chi connectivity index (χ0n) is 19.7. The first-order chi connectivity index (χ1) is 12.8. The second-order valence-electron chi connectivity index (χ2n) is 8.75. The highest BCUT2D eigenvalue weighted by Crippen LogP contribution is 2.38. The fourth-order valence-electron chi connectivity index (χ4n) is 2.61. The third-order valence-electron chi connectivity index (χ3n) is 5.77. The van der Waals surface area contributed by atoms with Gasteiger partial charge in [-0.15, -0.1) is 0 Å². The van der Waals surface area contributed by atoms with E-state index in [9.17, 15) is 0 Å². The van der Waals surface area contributed by atoms with Crippen molar-refractivity contribution in [3.8, 4) is 0 Å². The Kier molecular flexibility index (Phi) is 10.2. The second-order valence-corrected chi connectivity index (χ2v) is 8.75. The molecule has 0 aromatic heterocycles. The highest BCUT2D eigenvalue weighted by atomic mass is 14.3. The monoisotopic (exact) mass is 378 g/mol. The second kappa shape index (κ2) is 11.1. The Morgan fingerprint density at radius 1 is 0.643 bits per heavy atom. The third-order valence-corrected chi connectivity index (χ3v) is 5.77. The Morgan fingerprint density at radius 2 is 1.07 bits per heavy atom. The maximum atomic E-state index is 4.36. The van der Waals surface area contributed by atoms with Crippen LogP contribution in [0.2, 0.25) is 0 Å². The van der Waals surface area contributed by atoms with E-state index in [1.807, 2.05) is 19.1 Å². The van der Waals surface area contributed by atoms with Gasteiger partial charge in [0.15, 0.2) is 0 Å². The molecule has 0 bridgehead atoms. The zero-order chi connectivity index (χ0) is 22.1. The van der Waals surface area contributed by atoms with Gasteiger partial charge in [0.2, 0.25) is 0 Å². The smallest absolute Gasteiger partial charge is 0.0134 e. The van der Waals surface area contributed by atoms with Crippen molar-refractivity contribution in [3.05, 3.63) is 96.2 Å². The molecular weight excluding hydrogens is 336 g/mol. The van der Waals surface area contributed by atoms with E-state index < -0.39 is 0 Å². The third kappa shape index (κ3) is 7.50. The van der Waals surface area contributed by atoms with Crippen molar-refractivity contribution in [1.82, 2.24) is 0 Å². The molecule has 0 radical (unpaired) electrons. The summed E-state index contributed by atoms with van der Waals surface area (Å²) in [4.78, 5) is 0. The average Bonchev–Trinajstić information content (AvgIpc) is 2.63. The Morgan fingerprint density at radius 3 is 1.46 bits per heavy atom. The molecule has 0 spiro atoms. The molecular formula is C28H42. The molecule has 0 aliphatic carbocycles. The van der Waals surface area contributed by atoms with Crippen molar-refractivity contribution < 1.29 is 0 Å². The van der Waals surface area contributed by atoms with Crippen molar-refractivity contribution in [2.75, 3.05) is 0 Å². The Balaban J connectivity index is 5.51. The summed E-state index contributed by atoms with van der Waals surface area (Å²) in [5, 5.41) is 0. The summed E-state index contributed by atoms with van der Waals surface area (Å²) >= 11 is 0. The largest absolute Gasteiger partial charge is 0.0961 e. The van der Waals surface area contributed by atoms with Gasteiger partial charge in [0, 0.05) is 10.8 Å². The minimum atomic E-state index is -0.225. The van der Waals surface area contributed by atoms with Gasteiger partial charge in [0.25, 0.3) is 0 Å². The lowest BCUT2D eigenvalue weighted by atomic mass is 9.74. The van der Waals surface area contributed by atoms with Crippen LogP contribution in [-0.2, 0) is 0 Å². The molecule has 0 aliphatic heterocycles. The first-order valence-electron chi connectivity index (χ1n) is 10.3. The van der Waals surface area contributed by atoms with Crippen molar-refractivity contribution in [1.29, 1.82) is 0 Å². The van der Waals surface area contributed by atoms with E-state index in [0.29, 0.717) is 0 Å². The van der Waals surface area contributed by atoms with Crippen LogP contribution in [-0.4, -0.2) is 0 Å². The number of allylic oxidation sites excluding steroid dienone is 12. The minimum Gasteiger partial charge on any atom is -0.0961 e. The van der Waals surface area contributed by atoms with Crippen LogP contribution < -0.4 is 0 Å². The van der Waals surface area contributed by atoms with Crippen LogP contribution in [0.15, 0.2) is 96.2 Å². The van der Waals surface area contributed by atoms with Gasteiger partial charge in [-0.25, -0.2) is 0 Å². The van der Waals surface area contributed by atoms with Crippen LogP contribution in [0.5, 0.6) is 0 Å². The molecule has 0 N–H and O–H groups in total. The highest BCUT2D eigenvalue weighted by molar-refractivity contribution is 5.42. The van der Waals surface area contributed by atoms with Gasteiger partial charge in [-0.1, -0.05) is 121 Å². The van der Waals surface area contributed by atoms with E-state index in [1.54, 1.807) is 0 Å². The highest BCUT2D eigenvalue weighted by Gasteiger charge is 2.25. The van der Waals surface area contributed by atoms with E-state index in [4.69, 9.17) is 0 Å². The predicted octanol–water partition coefficient (Wildman–Crippen LogP) is 9.09. The molecule has 0 saturated heterocycles. The summed E-state index contributed by atoms with van der Waals surface area (Å²) in [5.74, 6) is 0. The van der Waals surface area contributed by atoms with Crippen LogP contribution in [0.1, 0.15) is 68.2 Å². The molecule has 0 aromatic rings.